The zero-order valence-electron chi connectivity index (χ0n) is 30.1. The van der Waals surface area contributed by atoms with E-state index < -0.39 is 5.97 Å². The minimum atomic E-state index is -1.01. The fourth-order valence-electron chi connectivity index (χ4n) is 7.98. The molecule has 7 rings (SSSR count). The van der Waals surface area contributed by atoms with E-state index in [0.717, 1.165) is 66.4 Å². The largest absolute Gasteiger partial charge is 0.494 e. The first-order valence-corrected chi connectivity index (χ1v) is 17.8. The zero-order chi connectivity index (χ0) is 36.6. The Morgan fingerprint density at radius 2 is 1.69 bits per heavy atom. The smallest absolute Gasteiger partial charge is 0.337 e. The monoisotopic (exact) mass is 725 g/mol. The van der Waals surface area contributed by atoms with Crippen LogP contribution >= 0.6 is 23.2 Å². The van der Waals surface area contributed by atoms with Gasteiger partial charge in [-0.25, -0.2) is 4.79 Å². The van der Waals surface area contributed by atoms with Crippen LogP contribution in [0.2, 0.25) is 10.0 Å². The summed E-state index contributed by atoms with van der Waals surface area (Å²) in [5.74, 6) is -0.386. The van der Waals surface area contributed by atoms with E-state index in [2.05, 4.69) is 11.5 Å². The second-order valence-electron chi connectivity index (χ2n) is 13.9. The average Bonchev–Trinajstić information content (AvgIpc) is 3.67. The molecule has 0 spiro atoms. The first kappa shape index (κ1) is 34.7. The number of aromatic carboxylic acids is 1. The third-order valence-corrected chi connectivity index (χ3v) is 11.2. The van der Waals surface area contributed by atoms with Crippen molar-refractivity contribution in [3.8, 4) is 16.9 Å². The number of hydrogen-bond acceptors (Lipinski definition) is 4. The summed E-state index contributed by atoms with van der Waals surface area (Å²) in [6.07, 6.45) is 2.86. The molecule has 4 heterocycles. The van der Waals surface area contributed by atoms with Gasteiger partial charge in [-0.3, -0.25) is 9.48 Å². The summed E-state index contributed by atoms with van der Waals surface area (Å²) < 4.78 is 12.1. The number of carboxylic acids is 1. The van der Waals surface area contributed by atoms with E-state index in [1.807, 2.05) is 94.7 Å². The second kappa shape index (κ2) is 12.8. The number of ether oxygens (including phenoxy) is 1. The van der Waals surface area contributed by atoms with Gasteiger partial charge in [0.25, 0.3) is 5.91 Å². The molecule has 1 atom stereocenters. The molecule has 1 aliphatic rings. The van der Waals surface area contributed by atoms with E-state index in [1.165, 1.54) is 0 Å². The maximum absolute atomic E-state index is 15.1. The van der Waals surface area contributed by atoms with Gasteiger partial charge in [-0.05, 0) is 107 Å². The van der Waals surface area contributed by atoms with Crippen molar-refractivity contribution in [2.45, 2.75) is 60.4 Å². The Kier molecular flexibility index (Phi) is 8.71. The lowest BCUT2D eigenvalue weighted by molar-refractivity contribution is 0.0698. The van der Waals surface area contributed by atoms with Crippen molar-refractivity contribution in [3.05, 3.63) is 97.5 Å². The van der Waals surface area contributed by atoms with Crippen LogP contribution in [0, 0.1) is 34.6 Å². The molecule has 1 aliphatic heterocycles. The lowest BCUT2D eigenvalue weighted by Crippen LogP contribution is -2.43. The molecule has 1 amide bonds. The fourth-order valence-corrected chi connectivity index (χ4v) is 8.33. The van der Waals surface area contributed by atoms with E-state index in [1.54, 1.807) is 10.8 Å². The van der Waals surface area contributed by atoms with Gasteiger partial charge in [0.05, 0.1) is 39.6 Å². The minimum absolute atomic E-state index is 0.143. The summed E-state index contributed by atoms with van der Waals surface area (Å²) in [7, 11) is 3.75. The first-order valence-electron chi connectivity index (χ1n) is 17.1. The highest BCUT2D eigenvalue weighted by Gasteiger charge is 2.38. The van der Waals surface area contributed by atoms with Crippen molar-refractivity contribution < 1.29 is 19.4 Å². The van der Waals surface area contributed by atoms with Crippen LogP contribution in [-0.4, -0.2) is 49.0 Å². The van der Waals surface area contributed by atoms with Gasteiger partial charge in [0.2, 0.25) is 0 Å². The van der Waals surface area contributed by atoms with E-state index in [4.69, 9.17) is 33.0 Å². The third kappa shape index (κ3) is 5.58. The Morgan fingerprint density at radius 1 is 0.980 bits per heavy atom. The molecule has 0 saturated carbocycles. The molecule has 9 nitrogen and oxygen atoms in total. The van der Waals surface area contributed by atoms with Gasteiger partial charge in [0.15, 0.2) is 0 Å². The number of hydrogen-bond donors (Lipinski definition) is 1. The molecule has 6 aromatic rings. The topological polar surface area (TPSA) is 94.5 Å². The Hall–Kier alpha value is -4.73. The number of nitrogens with zero attached hydrogens (tertiary/aromatic N) is 5. The van der Waals surface area contributed by atoms with Crippen LogP contribution in [0.4, 0.5) is 5.69 Å². The molecule has 11 heteroatoms. The number of carbonyl (C=O) groups is 2. The molecular formula is C40H41Cl2N5O4. The van der Waals surface area contributed by atoms with Crippen LogP contribution < -0.4 is 9.64 Å². The number of carboxylic acid groups (broad SMARTS) is 1. The summed E-state index contributed by atoms with van der Waals surface area (Å²) in [5, 5.41) is 17.6. The zero-order valence-corrected chi connectivity index (χ0v) is 31.6. The second-order valence-corrected chi connectivity index (χ2v) is 14.7. The van der Waals surface area contributed by atoms with Crippen molar-refractivity contribution in [1.82, 2.24) is 18.9 Å². The fraction of sp³-hybridized carbons (Fsp3) is 0.325. The van der Waals surface area contributed by atoms with Gasteiger partial charge in [0.1, 0.15) is 11.4 Å². The van der Waals surface area contributed by atoms with E-state index in [0.29, 0.717) is 53.3 Å². The maximum Gasteiger partial charge on any atom is 0.337 e. The van der Waals surface area contributed by atoms with Crippen molar-refractivity contribution >= 4 is 62.6 Å². The number of carbonyl (C=O) groups excluding carboxylic acids is 1. The van der Waals surface area contributed by atoms with Gasteiger partial charge in [0, 0.05) is 65.5 Å². The maximum atomic E-state index is 15.1. The minimum Gasteiger partial charge on any atom is -0.494 e. The standard InChI is InChI=1S/C40H41Cl2N5O4/c1-20-14-29-30(40(49)50)19-44(7)36(29)32(15-20)46-18-23(4)47-37-28(11-12-31(41)34(37)33-24(5)43-45(8)25(33)6)27(38(47)39(46)48)10-9-13-51-26-16-21(2)35(42)22(3)17-26/h11-12,14-17,19,23H,9-10,13,18H2,1-8H3,(H,49,50)/t23-/m1/s1. The lowest BCUT2D eigenvalue weighted by Gasteiger charge is -2.35. The normalized spacial score (nSPS) is 14.6. The molecule has 0 bridgehead atoms. The van der Waals surface area contributed by atoms with Crippen molar-refractivity contribution in [3.63, 3.8) is 0 Å². The molecule has 1 N–H and O–H groups in total. The van der Waals surface area contributed by atoms with Crippen molar-refractivity contribution in [1.29, 1.82) is 0 Å². The van der Waals surface area contributed by atoms with Gasteiger partial charge in [-0.1, -0.05) is 29.3 Å². The summed E-state index contributed by atoms with van der Waals surface area (Å²) in [4.78, 5) is 29.1. The Bertz CT molecular complexity index is 2410. The van der Waals surface area contributed by atoms with E-state index in [-0.39, 0.29) is 17.5 Å². The highest BCUT2D eigenvalue weighted by Crippen LogP contribution is 2.46. The number of aryl methyl sites for hydroxylation is 7. The SMILES string of the molecule is Cc1cc(N2C[C@@H](C)n3c(c(CCCOc4cc(C)c(Cl)c(C)c4)c4ccc(Cl)c(-c5c(C)nn(C)c5C)c43)C2=O)c2c(c1)c(C(=O)O)cn2C. The van der Waals surface area contributed by atoms with Crippen LogP contribution in [0.25, 0.3) is 32.9 Å². The van der Waals surface area contributed by atoms with Crippen LogP contribution in [0.1, 0.15) is 73.9 Å². The predicted molar refractivity (Wildman–Crippen MR) is 204 cm³/mol. The summed E-state index contributed by atoms with van der Waals surface area (Å²) in [6, 6.07) is 11.6. The van der Waals surface area contributed by atoms with Gasteiger partial charge < -0.3 is 23.9 Å². The van der Waals surface area contributed by atoms with Gasteiger partial charge in [-0.15, -0.1) is 0 Å². The number of benzene rings is 3. The molecule has 3 aromatic carbocycles. The molecule has 264 valence electrons. The van der Waals surface area contributed by atoms with Crippen LogP contribution in [-0.2, 0) is 20.5 Å². The van der Waals surface area contributed by atoms with Crippen LogP contribution in [0.5, 0.6) is 5.75 Å². The average molecular weight is 727 g/mol. The molecule has 3 aromatic heterocycles. The molecule has 0 aliphatic carbocycles. The number of fused-ring (bicyclic) bond motifs is 4. The Labute approximate surface area is 306 Å². The lowest BCUT2D eigenvalue weighted by atomic mass is 9.98. The number of rotatable bonds is 8. The molecule has 0 radical (unpaired) electrons. The molecular weight excluding hydrogens is 685 g/mol. The van der Waals surface area contributed by atoms with Crippen LogP contribution in [0.3, 0.4) is 0 Å². The number of halogens is 2. The predicted octanol–water partition coefficient (Wildman–Crippen LogP) is 9.31. The van der Waals surface area contributed by atoms with Crippen molar-refractivity contribution in [2.24, 2.45) is 14.1 Å². The molecule has 0 unspecified atom stereocenters. The first-order chi connectivity index (χ1) is 24.2. The van der Waals surface area contributed by atoms with E-state index in [9.17, 15) is 9.90 Å². The molecule has 0 saturated heterocycles. The van der Waals surface area contributed by atoms with Gasteiger partial charge >= 0.3 is 5.97 Å². The highest BCUT2D eigenvalue weighted by atomic mass is 35.5. The summed E-state index contributed by atoms with van der Waals surface area (Å²) in [6.45, 7) is 12.8. The third-order valence-electron chi connectivity index (χ3n) is 10.3. The van der Waals surface area contributed by atoms with Crippen LogP contribution in [0.15, 0.2) is 42.6 Å². The summed E-state index contributed by atoms with van der Waals surface area (Å²) >= 11 is 13.5. The molecule has 0 fully saturated rings. The Morgan fingerprint density at radius 3 is 2.33 bits per heavy atom. The Balaban J connectivity index is 1.40. The molecule has 51 heavy (non-hydrogen) atoms. The number of aromatic nitrogens is 4. The number of anilines is 1. The van der Waals surface area contributed by atoms with Crippen molar-refractivity contribution in [2.75, 3.05) is 18.1 Å². The number of amides is 1. The summed E-state index contributed by atoms with van der Waals surface area (Å²) in [5.41, 5.74) is 10.5. The highest BCUT2D eigenvalue weighted by molar-refractivity contribution is 6.35. The van der Waals surface area contributed by atoms with E-state index >= 15 is 4.79 Å². The quantitative estimate of drug-likeness (QED) is 0.158. The van der Waals surface area contributed by atoms with Gasteiger partial charge in [-0.2, -0.15) is 5.10 Å².